The molecule has 2 amide bonds. The molecule has 2 atom stereocenters. The second-order valence-corrected chi connectivity index (χ2v) is 5.65. The number of carbonyl (C=O) groups is 2. The molecule has 1 saturated heterocycles. The van der Waals surface area contributed by atoms with Crippen LogP contribution in [0.4, 0.5) is 5.69 Å². The summed E-state index contributed by atoms with van der Waals surface area (Å²) < 4.78 is 5.39. The Kier molecular flexibility index (Phi) is 7.85. The van der Waals surface area contributed by atoms with Crippen LogP contribution in [0.5, 0.6) is 5.75 Å². The van der Waals surface area contributed by atoms with Crippen LogP contribution in [0.25, 0.3) is 0 Å². The maximum atomic E-state index is 12.2. The van der Waals surface area contributed by atoms with Gasteiger partial charge in [-0.25, -0.2) is 0 Å². The summed E-state index contributed by atoms with van der Waals surface area (Å²) in [5, 5.41) is 6.27. The summed E-state index contributed by atoms with van der Waals surface area (Å²) in [4.78, 5) is 22.9. The predicted molar refractivity (Wildman–Crippen MR) is 91.8 cm³/mol. The average molecular weight is 342 g/mol. The molecular formula is C16H24ClN3O3. The average Bonchev–Trinajstić information content (AvgIpc) is 2.48. The van der Waals surface area contributed by atoms with E-state index in [-0.39, 0.29) is 43.2 Å². The van der Waals surface area contributed by atoms with E-state index in [0.29, 0.717) is 11.8 Å². The lowest BCUT2D eigenvalue weighted by molar-refractivity contribution is -0.121. The summed E-state index contributed by atoms with van der Waals surface area (Å²) in [5.74, 6) is 0.383. The van der Waals surface area contributed by atoms with Crippen molar-refractivity contribution in [1.82, 2.24) is 5.32 Å². The predicted octanol–water partition coefficient (Wildman–Crippen LogP) is 1.69. The minimum atomic E-state index is -0.389. The van der Waals surface area contributed by atoms with E-state index in [1.54, 1.807) is 24.3 Å². The molecule has 0 spiro atoms. The molecule has 6 nitrogen and oxygen atoms in total. The fourth-order valence-electron chi connectivity index (χ4n) is 2.52. The first-order valence-corrected chi connectivity index (χ1v) is 7.60. The van der Waals surface area contributed by atoms with E-state index in [0.717, 1.165) is 25.1 Å². The Morgan fingerprint density at radius 1 is 1.35 bits per heavy atom. The van der Waals surface area contributed by atoms with Gasteiger partial charge in [-0.1, -0.05) is 0 Å². The zero-order valence-electron chi connectivity index (χ0n) is 13.2. The van der Waals surface area contributed by atoms with Crippen molar-refractivity contribution in [2.75, 3.05) is 18.5 Å². The van der Waals surface area contributed by atoms with Crippen molar-refractivity contribution in [3.8, 4) is 5.75 Å². The zero-order valence-corrected chi connectivity index (χ0v) is 14.0. The first kappa shape index (κ1) is 19.3. The Hall–Kier alpha value is -1.79. The fourth-order valence-corrected chi connectivity index (χ4v) is 2.52. The van der Waals surface area contributed by atoms with Crippen LogP contribution in [-0.2, 0) is 9.59 Å². The lowest BCUT2D eigenvalue weighted by atomic mass is 9.92. The molecule has 1 aromatic carbocycles. The van der Waals surface area contributed by atoms with Gasteiger partial charge in [0.25, 0.3) is 0 Å². The molecule has 7 heteroatoms. The van der Waals surface area contributed by atoms with Gasteiger partial charge >= 0.3 is 0 Å². The van der Waals surface area contributed by atoms with Gasteiger partial charge in [-0.15, -0.1) is 12.4 Å². The molecule has 1 aliphatic heterocycles. The van der Waals surface area contributed by atoms with Crippen LogP contribution >= 0.6 is 12.4 Å². The van der Waals surface area contributed by atoms with E-state index in [1.165, 1.54) is 0 Å². The Balaban J connectivity index is 0.00000264. The van der Waals surface area contributed by atoms with E-state index in [9.17, 15) is 9.59 Å². The monoisotopic (exact) mass is 341 g/mol. The summed E-state index contributed by atoms with van der Waals surface area (Å²) >= 11 is 0. The number of ether oxygens (including phenoxy) is 1. The standard InChI is InChI=1S/C16H23N3O3.ClH/c1-11-10-12(6-8-18-11)16(21)19-13-2-4-14(5-3-13)22-9-7-15(17)20;/h2-5,11-12,18H,6-10H2,1H3,(H2,17,20)(H,19,21);1H/t11-,12-;/m0./s1. The largest absolute Gasteiger partial charge is 0.493 e. The van der Waals surface area contributed by atoms with E-state index in [2.05, 4.69) is 17.6 Å². The number of halogens is 1. The number of carbonyl (C=O) groups excluding carboxylic acids is 2. The molecule has 23 heavy (non-hydrogen) atoms. The van der Waals surface area contributed by atoms with Crippen LogP contribution in [0.3, 0.4) is 0 Å². The first-order chi connectivity index (χ1) is 10.5. The van der Waals surface area contributed by atoms with Gasteiger partial charge in [0.15, 0.2) is 0 Å². The third kappa shape index (κ3) is 6.46. The molecule has 1 fully saturated rings. The molecule has 4 N–H and O–H groups in total. The summed E-state index contributed by atoms with van der Waals surface area (Å²) in [7, 11) is 0. The Labute approximate surface area is 142 Å². The highest BCUT2D eigenvalue weighted by molar-refractivity contribution is 5.92. The van der Waals surface area contributed by atoms with E-state index < -0.39 is 0 Å². The molecule has 0 aliphatic carbocycles. The Morgan fingerprint density at radius 2 is 2.04 bits per heavy atom. The van der Waals surface area contributed by atoms with Gasteiger partial charge in [-0.2, -0.15) is 0 Å². The van der Waals surface area contributed by atoms with E-state index in [1.807, 2.05) is 0 Å². The van der Waals surface area contributed by atoms with Crippen LogP contribution in [0.1, 0.15) is 26.2 Å². The number of nitrogens with two attached hydrogens (primary N) is 1. The number of primary amides is 1. The highest BCUT2D eigenvalue weighted by Gasteiger charge is 2.24. The molecule has 0 saturated carbocycles. The third-order valence-corrected chi connectivity index (χ3v) is 3.73. The second kappa shape index (κ2) is 9.37. The topological polar surface area (TPSA) is 93.4 Å². The van der Waals surface area contributed by atoms with Crippen LogP contribution < -0.4 is 21.1 Å². The van der Waals surface area contributed by atoms with Crippen LogP contribution in [0.2, 0.25) is 0 Å². The second-order valence-electron chi connectivity index (χ2n) is 5.65. The molecule has 1 aliphatic rings. The molecule has 128 valence electrons. The molecule has 0 bridgehead atoms. The number of amides is 2. The number of hydrogen-bond donors (Lipinski definition) is 3. The highest BCUT2D eigenvalue weighted by atomic mass is 35.5. The molecule has 1 aromatic rings. The summed E-state index contributed by atoms with van der Waals surface area (Å²) in [6.45, 7) is 3.23. The smallest absolute Gasteiger partial charge is 0.227 e. The maximum Gasteiger partial charge on any atom is 0.227 e. The van der Waals surface area contributed by atoms with E-state index >= 15 is 0 Å². The number of anilines is 1. The third-order valence-electron chi connectivity index (χ3n) is 3.73. The molecule has 1 heterocycles. The number of piperidine rings is 1. The molecule has 0 radical (unpaired) electrons. The maximum absolute atomic E-state index is 12.2. The number of benzene rings is 1. The SMILES string of the molecule is C[C@H]1C[C@@H](C(=O)Nc2ccc(OCCC(N)=O)cc2)CCN1.Cl. The number of nitrogens with one attached hydrogen (secondary N) is 2. The first-order valence-electron chi connectivity index (χ1n) is 7.60. The Morgan fingerprint density at radius 3 is 2.65 bits per heavy atom. The van der Waals surface area contributed by atoms with Crippen molar-refractivity contribution in [2.24, 2.45) is 11.7 Å². The summed E-state index contributed by atoms with van der Waals surface area (Å²) in [5.41, 5.74) is 5.79. The molecule has 0 unspecified atom stereocenters. The van der Waals surface area contributed by atoms with Gasteiger partial charge in [0.05, 0.1) is 13.0 Å². The van der Waals surface area contributed by atoms with Crippen LogP contribution in [0, 0.1) is 5.92 Å². The van der Waals surface area contributed by atoms with Gasteiger partial charge in [0, 0.05) is 17.6 Å². The number of hydrogen-bond acceptors (Lipinski definition) is 4. The normalized spacial score (nSPS) is 20.2. The summed E-state index contributed by atoms with van der Waals surface area (Å²) in [6.07, 6.45) is 1.91. The number of rotatable bonds is 6. The van der Waals surface area contributed by atoms with Crippen molar-refractivity contribution in [1.29, 1.82) is 0 Å². The zero-order chi connectivity index (χ0) is 15.9. The van der Waals surface area contributed by atoms with Crippen molar-refractivity contribution in [2.45, 2.75) is 32.2 Å². The summed E-state index contributed by atoms with van der Waals surface area (Å²) in [6, 6.07) is 7.50. The van der Waals surface area contributed by atoms with E-state index in [4.69, 9.17) is 10.5 Å². The lowest BCUT2D eigenvalue weighted by Crippen LogP contribution is -2.40. The quantitative estimate of drug-likeness (QED) is 0.734. The Bertz CT molecular complexity index is 522. The van der Waals surface area contributed by atoms with Gasteiger partial charge in [0.1, 0.15) is 5.75 Å². The van der Waals surface area contributed by atoms with Gasteiger partial charge in [-0.3, -0.25) is 9.59 Å². The van der Waals surface area contributed by atoms with Crippen molar-refractivity contribution in [3.05, 3.63) is 24.3 Å². The minimum absolute atomic E-state index is 0. The van der Waals surface area contributed by atoms with Gasteiger partial charge < -0.3 is 21.1 Å². The van der Waals surface area contributed by atoms with Crippen LogP contribution in [-0.4, -0.2) is 31.0 Å². The minimum Gasteiger partial charge on any atom is -0.493 e. The molecule has 2 rings (SSSR count). The fraction of sp³-hybridized carbons (Fsp3) is 0.500. The highest BCUT2D eigenvalue weighted by Crippen LogP contribution is 2.20. The van der Waals surface area contributed by atoms with Crippen LogP contribution in [0.15, 0.2) is 24.3 Å². The van der Waals surface area contributed by atoms with Gasteiger partial charge in [0.2, 0.25) is 11.8 Å². The lowest BCUT2D eigenvalue weighted by Gasteiger charge is -2.27. The van der Waals surface area contributed by atoms with Crippen molar-refractivity contribution in [3.63, 3.8) is 0 Å². The molecular weight excluding hydrogens is 318 g/mol. The molecule has 0 aromatic heterocycles. The van der Waals surface area contributed by atoms with Crippen molar-refractivity contribution < 1.29 is 14.3 Å². The van der Waals surface area contributed by atoms with Gasteiger partial charge in [-0.05, 0) is 50.6 Å². The van der Waals surface area contributed by atoms with Crippen molar-refractivity contribution >= 4 is 29.9 Å².